The van der Waals surface area contributed by atoms with E-state index in [1.165, 1.54) is 16.9 Å². The van der Waals surface area contributed by atoms with Crippen molar-refractivity contribution in [2.45, 2.75) is 25.8 Å². The number of hydrogen-bond donors (Lipinski definition) is 0. The highest BCUT2D eigenvalue weighted by molar-refractivity contribution is 7.14. The van der Waals surface area contributed by atoms with E-state index in [9.17, 15) is 4.79 Å². The van der Waals surface area contributed by atoms with Gasteiger partial charge in [-0.3, -0.25) is 14.7 Å². The lowest BCUT2D eigenvalue weighted by molar-refractivity contribution is 0.0631. The maximum Gasteiger partial charge on any atom is 0.264 e. The molecule has 2 aliphatic rings. The predicted octanol–water partition coefficient (Wildman–Crippen LogP) is 2.59. The zero-order valence-electron chi connectivity index (χ0n) is 13.2. The number of aromatic nitrogens is 1. The van der Waals surface area contributed by atoms with Crippen molar-refractivity contribution in [2.24, 2.45) is 0 Å². The second-order valence-corrected chi connectivity index (χ2v) is 7.44. The average Bonchev–Trinajstić information content (AvgIpc) is 3.17. The van der Waals surface area contributed by atoms with Crippen molar-refractivity contribution in [3.05, 3.63) is 51.5 Å². The van der Waals surface area contributed by atoms with Gasteiger partial charge in [-0.2, -0.15) is 0 Å². The van der Waals surface area contributed by atoms with Gasteiger partial charge in [0.2, 0.25) is 0 Å². The van der Waals surface area contributed by atoms with E-state index < -0.39 is 0 Å². The fourth-order valence-electron chi connectivity index (χ4n) is 3.42. The zero-order chi connectivity index (χ0) is 15.6. The van der Waals surface area contributed by atoms with Crippen LogP contribution in [0.4, 0.5) is 0 Å². The first-order valence-corrected chi connectivity index (χ1v) is 9.14. The molecular weight excluding hydrogens is 306 g/mol. The average molecular weight is 327 g/mol. The molecule has 5 heteroatoms. The molecule has 4 nitrogen and oxygen atoms in total. The van der Waals surface area contributed by atoms with E-state index in [4.69, 9.17) is 0 Å². The summed E-state index contributed by atoms with van der Waals surface area (Å²) < 4.78 is 0. The molecule has 23 heavy (non-hydrogen) atoms. The van der Waals surface area contributed by atoms with E-state index >= 15 is 0 Å². The number of fused-ring (bicyclic) bond motifs is 1. The minimum Gasteiger partial charge on any atom is -0.335 e. The van der Waals surface area contributed by atoms with Crippen molar-refractivity contribution in [1.29, 1.82) is 0 Å². The van der Waals surface area contributed by atoms with Crippen LogP contribution in [0.2, 0.25) is 0 Å². The fraction of sp³-hybridized carbons (Fsp3) is 0.444. The molecule has 0 saturated carbocycles. The number of aryl methyl sites for hydroxylation is 2. The van der Waals surface area contributed by atoms with Gasteiger partial charge in [0.05, 0.1) is 10.6 Å². The van der Waals surface area contributed by atoms with E-state index in [1.54, 1.807) is 11.3 Å². The first-order chi connectivity index (χ1) is 11.3. The summed E-state index contributed by atoms with van der Waals surface area (Å²) in [5, 5.41) is 0. The van der Waals surface area contributed by atoms with Crippen LogP contribution in [0.15, 0.2) is 30.5 Å². The minimum atomic E-state index is 0.224. The molecule has 1 aliphatic carbocycles. The molecule has 3 heterocycles. The second kappa shape index (κ2) is 6.42. The Labute approximate surface area is 140 Å². The van der Waals surface area contributed by atoms with Crippen LogP contribution in [0.25, 0.3) is 0 Å². The molecule has 1 fully saturated rings. The maximum atomic E-state index is 12.7. The summed E-state index contributed by atoms with van der Waals surface area (Å²) in [5.41, 5.74) is 2.51. The lowest BCUT2D eigenvalue weighted by Gasteiger charge is -2.34. The van der Waals surface area contributed by atoms with Crippen molar-refractivity contribution in [2.75, 3.05) is 26.2 Å². The third-order valence-corrected chi connectivity index (χ3v) is 5.95. The largest absolute Gasteiger partial charge is 0.335 e. The molecule has 1 saturated heterocycles. The number of carbonyl (C=O) groups is 1. The van der Waals surface area contributed by atoms with Crippen LogP contribution in [-0.2, 0) is 19.4 Å². The van der Waals surface area contributed by atoms with Gasteiger partial charge in [-0.15, -0.1) is 11.3 Å². The highest BCUT2D eigenvalue weighted by atomic mass is 32.1. The number of thiophene rings is 1. The van der Waals surface area contributed by atoms with Crippen molar-refractivity contribution in [1.82, 2.24) is 14.8 Å². The summed E-state index contributed by atoms with van der Waals surface area (Å²) in [7, 11) is 0. The van der Waals surface area contributed by atoms with E-state index in [1.807, 2.05) is 23.2 Å². The van der Waals surface area contributed by atoms with E-state index in [0.717, 1.165) is 56.1 Å². The Hall–Kier alpha value is -1.72. The molecule has 2 aromatic heterocycles. The molecule has 0 bridgehead atoms. The summed E-state index contributed by atoms with van der Waals surface area (Å²) in [6, 6.07) is 8.16. The van der Waals surface area contributed by atoms with Crippen LogP contribution in [0.5, 0.6) is 0 Å². The van der Waals surface area contributed by atoms with Gasteiger partial charge in [-0.1, -0.05) is 6.07 Å². The van der Waals surface area contributed by atoms with Crippen molar-refractivity contribution in [3.8, 4) is 0 Å². The van der Waals surface area contributed by atoms with Crippen molar-refractivity contribution < 1.29 is 4.79 Å². The number of pyridine rings is 1. The van der Waals surface area contributed by atoms with Crippen LogP contribution >= 0.6 is 11.3 Å². The van der Waals surface area contributed by atoms with Crippen LogP contribution < -0.4 is 0 Å². The molecule has 1 aliphatic heterocycles. The molecule has 0 N–H and O–H groups in total. The van der Waals surface area contributed by atoms with Gasteiger partial charge in [0.15, 0.2) is 0 Å². The Morgan fingerprint density at radius 3 is 2.78 bits per heavy atom. The number of piperazine rings is 1. The van der Waals surface area contributed by atoms with Crippen LogP contribution in [0, 0.1) is 0 Å². The number of carbonyl (C=O) groups excluding carboxylic acids is 1. The zero-order valence-corrected chi connectivity index (χ0v) is 14.0. The number of rotatable bonds is 3. The smallest absolute Gasteiger partial charge is 0.264 e. The van der Waals surface area contributed by atoms with Crippen LogP contribution in [0.3, 0.4) is 0 Å². The molecule has 120 valence electrons. The topological polar surface area (TPSA) is 36.4 Å². The summed E-state index contributed by atoms with van der Waals surface area (Å²) in [4.78, 5) is 23.8. The molecule has 1 amide bonds. The Kier molecular flexibility index (Phi) is 4.14. The van der Waals surface area contributed by atoms with E-state index in [2.05, 4.69) is 22.0 Å². The Morgan fingerprint density at radius 2 is 2.04 bits per heavy atom. The van der Waals surface area contributed by atoms with Crippen LogP contribution in [0.1, 0.15) is 32.2 Å². The summed E-state index contributed by atoms with van der Waals surface area (Å²) in [6.07, 6.45) is 5.40. The molecule has 0 atom stereocenters. The molecular formula is C18H21N3OS. The number of hydrogen-bond acceptors (Lipinski definition) is 4. The minimum absolute atomic E-state index is 0.224. The SMILES string of the molecule is O=C(c1cc2c(s1)CCC2)N1CCN(Cc2ccccn2)CC1. The van der Waals surface area contributed by atoms with Gasteiger partial charge in [0, 0.05) is 43.8 Å². The molecule has 0 aromatic carbocycles. The summed E-state index contributed by atoms with van der Waals surface area (Å²) in [5.74, 6) is 0.224. The van der Waals surface area contributed by atoms with Gasteiger partial charge in [0.25, 0.3) is 5.91 Å². The molecule has 0 unspecified atom stereocenters. The standard InChI is InChI=1S/C18H21N3OS/c22-18(17-12-14-4-3-6-16(14)23-17)21-10-8-20(9-11-21)13-15-5-1-2-7-19-15/h1-2,5,7,12H,3-4,6,8-11,13H2. The third-order valence-electron chi connectivity index (χ3n) is 4.73. The molecule has 4 rings (SSSR count). The second-order valence-electron chi connectivity index (χ2n) is 6.30. The van der Waals surface area contributed by atoms with E-state index in [-0.39, 0.29) is 5.91 Å². The van der Waals surface area contributed by atoms with Gasteiger partial charge < -0.3 is 4.90 Å². The first kappa shape index (κ1) is 14.8. The third kappa shape index (κ3) is 3.16. The van der Waals surface area contributed by atoms with Crippen molar-refractivity contribution in [3.63, 3.8) is 0 Å². The van der Waals surface area contributed by atoms with Gasteiger partial charge in [-0.25, -0.2) is 0 Å². The lowest BCUT2D eigenvalue weighted by Crippen LogP contribution is -2.48. The molecule has 0 radical (unpaired) electrons. The molecule has 0 spiro atoms. The van der Waals surface area contributed by atoms with E-state index in [0.29, 0.717) is 0 Å². The number of amides is 1. The quantitative estimate of drug-likeness (QED) is 0.869. The monoisotopic (exact) mass is 327 g/mol. The van der Waals surface area contributed by atoms with Crippen LogP contribution in [-0.4, -0.2) is 46.9 Å². The normalized spacial score (nSPS) is 18.2. The Balaban J connectivity index is 1.34. The first-order valence-electron chi connectivity index (χ1n) is 8.33. The van der Waals surface area contributed by atoms with Gasteiger partial charge >= 0.3 is 0 Å². The summed E-state index contributed by atoms with van der Waals surface area (Å²) in [6.45, 7) is 4.35. The van der Waals surface area contributed by atoms with Gasteiger partial charge in [-0.05, 0) is 43.0 Å². The fourth-order valence-corrected chi connectivity index (χ4v) is 4.64. The predicted molar refractivity (Wildman–Crippen MR) is 91.8 cm³/mol. The van der Waals surface area contributed by atoms with Gasteiger partial charge in [0.1, 0.15) is 0 Å². The highest BCUT2D eigenvalue weighted by Crippen LogP contribution is 2.31. The van der Waals surface area contributed by atoms with Crippen molar-refractivity contribution >= 4 is 17.2 Å². The number of nitrogens with zero attached hydrogens (tertiary/aromatic N) is 3. The lowest BCUT2D eigenvalue weighted by atomic mass is 10.2. The highest BCUT2D eigenvalue weighted by Gasteiger charge is 2.25. The Morgan fingerprint density at radius 1 is 1.17 bits per heavy atom. The molecule has 2 aromatic rings. The summed E-state index contributed by atoms with van der Waals surface area (Å²) >= 11 is 1.71. The maximum absolute atomic E-state index is 12.7. The Bertz CT molecular complexity index is 668.